The lowest BCUT2D eigenvalue weighted by atomic mass is 10.2. The van der Waals surface area contributed by atoms with Crippen LogP contribution < -0.4 is 5.32 Å². The number of hydrogen-bond acceptors (Lipinski definition) is 3. The monoisotopic (exact) mass is 285 g/mol. The minimum absolute atomic E-state index is 0.584. The number of aliphatic imine (C=N–C) groups is 1. The topological polar surface area (TPSA) is 46.1 Å². The van der Waals surface area contributed by atoms with Crippen LogP contribution in [-0.2, 0) is 9.47 Å². The van der Waals surface area contributed by atoms with Gasteiger partial charge in [0.15, 0.2) is 5.96 Å². The maximum Gasteiger partial charge on any atom is 0.193 e. The van der Waals surface area contributed by atoms with Crippen molar-refractivity contribution < 1.29 is 9.47 Å². The highest BCUT2D eigenvalue weighted by molar-refractivity contribution is 5.79. The lowest BCUT2D eigenvalue weighted by Gasteiger charge is -2.22. The number of nitrogens with one attached hydrogen (secondary N) is 1. The van der Waals surface area contributed by atoms with Gasteiger partial charge in [0.1, 0.15) is 0 Å². The molecule has 0 heterocycles. The van der Waals surface area contributed by atoms with E-state index in [9.17, 15) is 0 Å². The van der Waals surface area contributed by atoms with Crippen LogP contribution in [0.15, 0.2) is 4.99 Å². The quantitative estimate of drug-likeness (QED) is 0.376. The zero-order chi connectivity index (χ0) is 14.8. The Hall–Kier alpha value is -0.810. The average Bonchev–Trinajstić information content (AvgIpc) is 3.22. The van der Waals surface area contributed by atoms with Crippen molar-refractivity contribution in [2.75, 3.05) is 53.6 Å². The molecule has 5 nitrogen and oxygen atoms in total. The molecule has 118 valence electrons. The Bertz CT molecular complexity index is 278. The van der Waals surface area contributed by atoms with Gasteiger partial charge in [-0.05, 0) is 24.7 Å². The molecule has 0 aromatic carbocycles. The van der Waals surface area contributed by atoms with E-state index in [-0.39, 0.29) is 0 Å². The fraction of sp³-hybridized carbons (Fsp3) is 0.933. The Kier molecular flexibility index (Phi) is 8.62. The molecule has 0 aliphatic heterocycles. The van der Waals surface area contributed by atoms with Crippen LogP contribution in [0.25, 0.3) is 0 Å². The molecule has 0 atom stereocenters. The first-order valence-electron chi connectivity index (χ1n) is 7.70. The predicted molar refractivity (Wildman–Crippen MR) is 83.2 cm³/mol. The summed E-state index contributed by atoms with van der Waals surface area (Å²) in [6, 6.07) is 0. The van der Waals surface area contributed by atoms with E-state index in [1.807, 2.05) is 7.05 Å². The van der Waals surface area contributed by atoms with Gasteiger partial charge in [-0.15, -0.1) is 0 Å². The molecule has 1 aliphatic rings. The number of rotatable bonds is 10. The third kappa shape index (κ3) is 8.38. The van der Waals surface area contributed by atoms with E-state index in [0.717, 1.165) is 44.8 Å². The molecular formula is C15H31N3O2. The standard InChI is InChI=1S/C15H31N3O2/c1-13(2)11-19-9-7-17-15(16-3)18(4)8-10-20-12-14-5-6-14/h13-14H,5-12H2,1-4H3,(H,16,17). The zero-order valence-electron chi connectivity index (χ0n) is 13.5. The van der Waals surface area contributed by atoms with Gasteiger partial charge in [0, 0.05) is 40.4 Å². The summed E-state index contributed by atoms with van der Waals surface area (Å²) in [5.74, 6) is 2.31. The SMILES string of the molecule is CN=C(NCCOCC(C)C)N(C)CCOCC1CC1. The smallest absolute Gasteiger partial charge is 0.193 e. The van der Waals surface area contributed by atoms with E-state index in [1.165, 1.54) is 12.8 Å². The summed E-state index contributed by atoms with van der Waals surface area (Å²) in [7, 11) is 3.84. The van der Waals surface area contributed by atoms with Gasteiger partial charge in [0.25, 0.3) is 0 Å². The fourth-order valence-corrected chi connectivity index (χ4v) is 1.78. The van der Waals surface area contributed by atoms with Gasteiger partial charge in [-0.2, -0.15) is 0 Å². The Morgan fingerprint density at radius 2 is 2.05 bits per heavy atom. The molecule has 1 aliphatic carbocycles. The lowest BCUT2D eigenvalue weighted by molar-refractivity contribution is 0.110. The molecule has 1 N–H and O–H groups in total. The summed E-state index contributed by atoms with van der Waals surface area (Å²) >= 11 is 0. The normalized spacial score (nSPS) is 15.8. The summed E-state index contributed by atoms with van der Waals surface area (Å²) in [6.45, 7) is 9.16. The van der Waals surface area contributed by atoms with Crippen molar-refractivity contribution in [3.8, 4) is 0 Å². The molecule has 1 saturated carbocycles. The van der Waals surface area contributed by atoms with Crippen molar-refractivity contribution >= 4 is 5.96 Å². The Labute approximate surface area is 123 Å². The first-order valence-corrected chi connectivity index (χ1v) is 7.70. The highest BCUT2D eigenvalue weighted by atomic mass is 16.5. The molecule has 0 radical (unpaired) electrons. The second-order valence-electron chi connectivity index (χ2n) is 5.88. The van der Waals surface area contributed by atoms with Gasteiger partial charge in [0.2, 0.25) is 0 Å². The van der Waals surface area contributed by atoms with Crippen LogP contribution in [0.2, 0.25) is 0 Å². The van der Waals surface area contributed by atoms with Crippen molar-refractivity contribution in [1.82, 2.24) is 10.2 Å². The molecule has 0 bridgehead atoms. The average molecular weight is 285 g/mol. The van der Waals surface area contributed by atoms with Crippen molar-refractivity contribution in [3.63, 3.8) is 0 Å². The van der Waals surface area contributed by atoms with Crippen LogP contribution in [-0.4, -0.2) is 64.5 Å². The van der Waals surface area contributed by atoms with E-state index in [1.54, 1.807) is 7.05 Å². The van der Waals surface area contributed by atoms with Crippen molar-refractivity contribution in [3.05, 3.63) is 0 Å². The highest BCUT2D eigenvalue weighted by Crippen LogP contribution is 2.28. The van der Waals surface area contributed by atoms with E-state index >= 15 is 0 Å². The van der Waals surface area contributed by atoms with E-state index in [0.29, 0.717) is 12.5 Å². The third-order valence-corrected chi connectivity index (χ3v) is 3.18. The Balaban J connectivity index is 2.03. The molecule has 0 saturated heterocycles. The minimum atomic E-state index is 0.584. The fourth-order valence-electron chi connectivity index (χ4n) is 1.78. The maximum atomic E-state index is 5.64. The van der Waals surface area contributed by atoms with Crippen LogP contribution >= 0.6 is 0 Å². The molecule has 1 fully saturated rings. The first-order chi connectivity index (χ1) is 9.63. The van der Waals surface area contributed by atoms with Gasteiger partial charge < -0.3 is 19.7 Å². The van der Waals surface area contributed by atoms with Crippen LogP contribution in [0.4, 0.5) is 0 Å². The highest BCUT2D eigenvalue weighted by Gasteiger charge is 2.21. The van der Waals surface area contributed by atoms with Crippen LogP contribution in [0, 0.1) is 11.8 Å². The molecular weight excluding hydrogens is 254 g/mol. The van der Waals surface area contributed by atoms with Crippen LogP contribution in [0.3, 0.4) is 0 Å². The van der Waals surface area contributed by atoms with Gasteiger partial charge in [-0.3, -0.25) is 4.99 Å². The molecule has 0 amide bonds. The number of nitrogens with zero attached hydrogens (tertiary/aromatic N) is 2. The molecule has 0 unspecified atom stereocenters. The van der Waals surface area contributed by atoms with E-state index in [4.69, 9.17) is 9.47 Å². The first kappa shape index (κ1) is 17.2. The van der Waals surface area contributed by atoms with Gasteiger partial charge >= 0.3 is 0 Å². The van der Waals surface area contributed by atoms with Crippen LogP contribution in [0.5, 0.6) is 0 Å². The summed E-state index contributed by atoms with van der Waals surface area (Å²) < 4.78 is 11.2. The number of likely N-dealkylation sites (N-methyl/N-ethyl adjacent to an activating group) is 1. The Morgan fingerprint density at radius 3 is 2.65 bits per heavy atom. The molecule has 0 aromatic heterocycles. The second kappa shape index (κ2) is 10.00. The van der Waals surface area contributed by atoms with E-state index < -0.39 is 0 Å². The number of ether oxygens (including phenoxy) is 2. The van der Waals surface area contributed by atoms with Crippen molar-refractivity contribution in [2.45, 2.75) is 26.7 Å². The summed E-state index contributed by atoms with van der Waals surface area (Å²) in [6.07, 6.45) is 2.69. The predicted octanol–water partition coefficient (Wildman–Crippen LogP) is 1.59. The Morgan fingerprint density at radius 1 is 1.30 bits per heavy atom. The van der Waals surface area contributed by atoms with Gasteiger partial charge in [0.05, 0.1) is 13.2 Å². The molecule has 5 heteroatoms. The van der Waals surface area contributed by atoms with Crippen molar-refractivity contribution in [1.29, 1.82) is 0 Å². The molecule has 0 aromatic rings. The van der Waals surface area contributed by atoms with Gasteiger partial charge in [-0.25, -0.2) is 0 Å². The second-order valence-corrected chi connectivity index (χ2v) is 5.88. The van der Waals surface area contributed by atoms with E-state index in [2.05, 4.69) is 29.1 Å². The summed E-state index contributed by atoms with van der Waals surface area (Å²) in [4.78, 5) is 6.36. The number of hydrogen-bond donors (Lipinski definition) is 1. The van der Waals surface area contributed by atoms with Crippen LogP contribution in [0.1, 0.15) is 26.7 Å². The van der Waals surface area contributed by atoms with Crippen molar-refractivity contribution in [2.24, 2.45) is 16.8 Å². The zero-order valence-corrected chi connectivity index (χ0v) is 13.5. The third-order valence-electron chi connectivity index (χ3n) is 3.18. The largest absolute Gasteiger partial charge is 0.379 e. The summed E-state index contributed by atoms with van der Waals surface area (Å²) in [5.41, 5.74) is 0. The maximum absolute atomic E-state index is 5.64. The molecule has 0 spiro atoms. The molecule has 20 heavy (non-hydrogen) atoms. The van der Waals surface area contributed by atoms with Gasteiger partial charge in [-0.1, -0.05) is 13.8 Å². The lowest BCUT2D eigenvalue weighted by Crippen LogP contribution is -2.41. The summed E-state index contributed by atoms with van der Waals surface area (Å²) in [5, 5.41) is 3.30. The molecule has 1 rings (SSSR count). The minimum Gasteiger partial charge on any atom is -0.379 e. The number of guanidine groups is 1.